The van der Waals surface area contributed by atoms with E-state index in [9.17, 15) is 4.79 Å². The first-order valence-corrected chi connectivity index (χ1v) is 10.3. The SMILES string of the molecule is CN=C(NCC(NC(=O)OC(C)(C)C)C(C)C)N1CCN(c2ccccn2)CC1. The molecule has 1 fully saturated rings. The summed E-state index contributed by atoms with van der Waals surface area (Å²) in [6.45, 7) is 13.8. The van der Waals surface area contributed by atoms with Crippen molar-refractivity contribution >= 4 is 17.9 Å². The molecule has 0 bridgehead atoms. The number of aliphatic imine (C=N–C) groups is 1. The van der Waals surface area contributed by atoms with Crippen LogP contribution in [0, 0.1) is 5.92 Å². The van der Waals surface area contributed by atoms with Crippen LogP contribution in [-0.4, -0.2) is 73.4 Å². The molecule has 0 radical (unpaired) electrons. The Hall–Kier alpha value is -2.51. The average molecular weight is 405 g/mol. The maximum atomic E-state index is 12.1. The average Bonchev–Trinajstić information content (AvgIpc) is 2.67. The van der Waals surface area contributed by atoms with Gasteiger partial charge in [-0.2, -0.15) is 0 Å². The molecule has 1 aromatic heterocycles. The second kappa shape index (κ2) is 10.3. The van der Waals surface area contributed by atoms with Crippen LogP contribution in [0.5, 0.6) is 0 Å². The summed E-state index contributed by atoms with van der Waals surface area (Å²) in [4.78, 5) is 25.5. The number of ether oxygens (including phenoxy) is 1. The maximum Gasteiger partial charge on any atom is 0.407 e. The highest BCUT2D eigenvalue weighted by atomic mass is 16.6. The third kappa shape index (κ3) is 7.44. The zero-order chi connectivity index (χ0) is 21.4. The van der Waals surface area contributed by atoms with Gasteiger partial charge < -0.3 is 25.2 Å². The molecule has 162 valence electrons. The first kappa shape index (κ1) is 22.8. The lowest BCUT2D eigenvalue weighted by Crippen LogP contribution is -2.55. The van der Waals surface area contributed by atoms with Gasteiger partial charge in [0.1, 0.15) is 11.4 Å². The van der Waals surface area contributed by atoms with Crippen LogP contribution in [0.3, 0.4) is 0 Å². The van der Waals surface area contributed by atoms with Gasteiger partial charge in [0, 0.05) is 46.0 Å². The van der Waals surface area contributed by atoms with E-state index in [0.29, 0.717) is 6.54 Å². The molecule has 0 aliphatic carbocycles. The Morgan fingerprint density at radius 1 is 1.24 bits per heavy atom. The minimum absolute atomic E-state index is 0.0589. The number of carbonyl (C=O) groups excluding carboxylic acids is 1. The molecule has 1 amide bonds. The predicted octanol–water partition coefficient (Wildman–Crippen LogP) is 2.33. The van der Waals surface area contributed by atoms with Crippen LogP contribution in [0.2, 0.25) is 0 Å². The van der Waals surface area contributed by atoms with Crippen LogP contribution in [-0.2, 0) is 4.74 Å². The highest BCUT2D eigenvalue weighted by molar-refractivity contribution is 5.80. The van der Waals surface area contributed by atoms with Crippen molar-refractivity contribution in [2.24, 2.45) is 10.9 Å². The van der Waals surface area contributed by atoms with Crippen molar-refractivity contribution in [1.82, 2.24) is 20.5 Å². The number of nitrogens with zero attached hydrogens (tertiary/aromatic N) is 4. The number of hydrogen-bond acceptors (Lipinski definition) is 5. The lowest BCUT2D eigenvalue weighted by molar-refractivity contribution is 0.0491. The summed E-state index contributed by atoms with van der Waals surface area (Å²) < 4.78 is 5.39. The number of carbonyl (C=O) groups is 1. The lowest BCUT2D eigenvalue weighted by Gasteiger charge is -2.37. The molecule has 0 spiro atoms. The minimum atomic E-state index is -0.512. The van der Waals surface area contributed by atoms with Crippen LogP contribution >= 0.6 is 0 Å². The van der Waals surface area contributed by atoms with Gasteiger partial charge >= 0.3 is 6.09 Å². The van der Waals surface area contributed by atoms with Crippen LogP contribution in [0.4, 0.5) is 10.6 Å². The predicted molar refractivity (Wildman–Crippen MR) is 117 cm³/mol. The molecule has 8 nitrogen and oxygen atoms in total. The summed E-state index contributed by atoms with van der Waals surface area (Å²) in [7, 11) is 1.79. The number of piperazine rings is 1. The highest BCUT2D eigenvalue weighted by Gasteiger charge is 2.24. The first-order chi connectivity index (χ1) is 13.7. The van der Waals surface area contributed by atoms with Gasteiger partial charge in [0.25, 0.3) is 0 Å². The number of amides is 1. The number of guanidine groups is 1. The zero-order valence-corrected chi connectivity index (χ0v) is 18.6. The molecule has 0 aromatic carbocycles. The summed E-state index contributed by atoms with van der Waals surface area (Å²) in [5.41, 5.74) is -0.512. The second-order valence-electron chi connectivity index (χ2n) is 8.59. The fourth-order valence-electron chi connectivity index (χ4n) is 3.13. The summed E-state index contributed by atoms with van der Waals surface area (Å²) in [6, 6.07) is 5.93. The molecule has 1 aromatic rings. The molecule has 1 unspecified atom stereocenters. The largest absolute Gasteiger partial charge is 0.444 e. The van der Waals surface area contributed by atoms with Crippen LogP contribution in [0.25, 0.3) is 0 Å². The van der Waals surface area contributed by atoms with Crippen molar-refractivity contribution in [1.29, 1.82) is 0 Å². The molecule has 2 heterocycles. The van der Waals surface area contributed by atoms with Crippen molar-refractivity contribution in [3.05, 3.63) is 24.4 Å². The van der Waals surface area contributed by atoms with Gasteiger partial charge in [-0.1, -0.05) is 19.9 Å². The van der Waals surface area contributed by atoms with E-state index in [1.54, 1.807) is 7.05 Å². The molecular formula is C21H36N6O2. The number of anilines is 1. The molecule has 1 aliphatic rings. The van der Waals surface area contributed by atoms with Gasteiger partial charge in [0.2, 0.25) is 0 Å². The number of rotatable bonds is 5. The van der Waals surface area contributed by atoms with E-state index in [4.69, 9.17) is 4.74 Å². The Balaban J connectivity index is 1.86. The highest BCUT2D eigenvalue weighted by Crippen LogP contribution is 2.13. The topological polar surface area (TPSA) is 82.1 Å². The van der Waals surface area contributed by atoms with Crippen molar-refractivity contribution in [3.8, 4) is 0 Å². The van der Waals surface area contributed by atoms with Gasteiger partial charge in [-0.25, -0.2) is 9.78 Å². The van der Waals surface area contributed by atoms with E-state index in [1.165, 1.54) is 0 Å². The van der Waals surface area contributed by atoms with Crippen LogP contribution in [0.15, 0.2) is 29.4 Å². The molecule has 1 saturated heterocycles. The standard InChI is InChI=1S/C21H36N6O2/c1-16(2)17(25-20(28)29-21(3,4)5)15-24-19(22-6)27-13-11-26(12-14-27)18-9-7-8-10-23-18/h7-10,16-17H,11-15H2,1-6H3,(H,22,24)(H,25,28). The van der Waals surface area contributed by atoms with Gasteiger partial charge in [-0.15, -0.1) is 0 Å². The van der Waals surface area contributed by atoms with Crippen molar-refractivity contribution in [2.45, 2.75) is 46.3 Å². The zero-order valence-electron chi connectivity index (χ0n) is 18.6. The smallest absolute Gasteiger partial charge is 0.407 e. The van der Waals surface area contributed by atoms with Gasteiger partial charge in [-0.3, -0.25) is 4.99 Å². The molecular weight excluding hydrogens is 368 g/mol. The molecule has 1 aliphatic heterocycles. The van der Waals surface area contributed by atoms with Crippen LogP contribution < -0.4 is 15.5 Å². The fraction of sp³-hybridized carbons (Fsp3) is 0.667. The lowest BCUT2D eigenvalue weighted by atomic mass is 10.0. The quantitative estimate of drug-likeness (QED) is 0.579. The third-order valence-electron chi connectivity index (χ3n) is 4.75. The molecule has 8 heteroatoms. The molecule has 0 saturated carbocycles. The molecule has 1 atom stereocenters. The monoisotopic (exact) mass is 404 g/mol. The number of hydrogen-bond donors (Lipinski definition) is 2. The van der Waals surface area contributed by atoms with Gasteiger partial charge in [0.05, 0.1) is 6.04 Å². The van der Waals surface area contributed by atoms with E-state index in [-0.39, 0.29) is 12.0 Å². The summed E-state index contributed by atoms with van der Waals surface area (Å²) in [5.74, 6) is 2.12. The van der Waals surface area contributed by atoms with Crippen LogP contribution in [0.1, 0.15) is 34.6 Å². The molecule has 2 rings (SSSR count). The Labute approximate surface area is 174 Å². The Morgan fingerprint density at radius 2 is 1.93 bits per heavy atom. The number of alkyl carbamates (subject to hydrolysis) is 1. The van der Waals surface area contributed by atoms with E-state index in [2.05, 4.69) is 44.3 Å². The fourth-order valence-corrected chi connectivity index (χ4v) is 3.13. The van der Waals surface area contributed by atoms with E-state index in [1.807, 2.05) is 45.2 Å². The van der Waals surface area contributed by atoms with Crippen molar-refractivity contribution in [3.63, 3.8) is 0 Å². The van der Waals surface area contributed by atoms with Gasteiger partial charge in [0.15, 0.2) is 5.96 Å². The van der Waals surface area contributed by atoms with E-state index >= 15 is 0 Å². The number of aromatic nitrogens is 1. The first-order valence-electron chi connectivity index (χ1n) is 10.3. The van der Waals surface area contributed by atoms with Crippen molar-refractivity contribution in [2.75, 3.05) is 44.7 Å². The second-order valence-corrected chi connectivity index (χ2v) is 8.59. The Kier molecular flexibility index (Phi) is 8.10. The normalized spacial score (nSPS) is 16.6. The minimum Gasteiger partial charge on any atom is -0.444 e. The molecule has 29 heavy (non-hydrogen) atoms. The summed E-state index contributed by atoms with van der Waals surface area (Å²) >= 11 is 0. The number of nitrogens with one attached hydrogen (secondary N) is 2. The third-order valence-corrected chi connectivity index (χ3v) is 4.75. The van der Waals surface area contributed by atoms with Gasteiger partial charge in [-0.05, 0) is 38.8 Å². The maximum absolute atomic E-state index is 12.1. The van der Waals surface area contributed by atoms with E-state index in [0.717, 1.165) is 38.0 Å². The Morgan fingerprint density at radius 3 is 2.45 bits per heavy atom. The Bertz CT molecular complexity index is 663. The van der Waals surface area contributed by atoms with Crippen molar-refractivity contribution < 1.29 is 9.53 Å². The van der Waals surface area contributed by atoms with E-state index < -0.39 is 11.7 Å². The number of pyridine rings is 1. The molecule has 2 N–H and O–H groups in total. The summed E-state index contributed by atoms with van der Waals surface area (Å²) in [5, 5.41) is 6.39. The summed E-state index contributed by atoms with van der Waals surface area (Å²) in [6.07, 6.45) is 1.43.